The average molecular weight is 554 g/mol. The topological polar surface area (TPSA) is 148 Å². The maximum Gasteiger partial charge on any atom is 0.337 e. The molecule has 0 fully saturated rings. The summed E-state index contributed by atoms with van der Waals surface area (Å²) in [5.41, 5.74) is 8.67. The second-order valence-electron chi connectivity index (χ2n) is 9.54. The molecule has 2 heterocycles. The standard InChI is InChI=1S/C26H27N5O5S2/c1-5-36-19(33)13-37-25-30-29-24(38-25)31-17-10-26(2,3)11-18(32)21(17)20(16(12-27)22(31)28)14-6-8-15(9-7-14)23(34)35-4/h6-9,20H,5,10-11,13,28H2,1-4H3. The highest BCUT2D eigenvalue weighted by molar-refractivity contribution is 8.01. The van der Waals surface area contributed by atoms with Crippen LogP contribution in [0, 0.1) is 16.7 Å². The van der Waals surface area contributed by atoms with Crippen molar-refractivity contribution in [3.63, 3.8) is 0 Å². The lowest BCUT2D eigenvalue weighted by Crippen LogP contribution is -2.42. The molecule has 1 atom stereocenters. The first kappa shape index (κ1) is 27.3. The number of anilines is 1. The third-order valence-corrected chi connectivity index (χ3v) is 8.27. The lowest BCUT2D eigenvalue weighted by atomic mass is 9.68. The number of hydrogen-bond donors (Lipinski definition) is 1. The Hall–Kier alpha value is -3.69. The van der Waals surface area contributed by atoms with Gasteiger partial charge >= 0.3 is 11.9 Å². The number of esters is 2. The molecule has 0 bridgehead atoms. The molecular formula is C26H27N5O5S2. The number of Topliss-reactive ketones (excluding diaryl/α,β-unsaturated/α-hetero) is 1. The lowest BCUT2D eigenvalue weighted by molar-refractivity contribution is -0.139. The van der Waals surface area contributed by atoms with E-state index in [4.69, 9.17) is 15.2 Å². The average Bonchev–Trinajstić information content (AvgIpc) is 3.34. The van der Waals surface area contributed by atoms with Crippen LogP contribution in [-0.2, 0) is 19.1 Å². The number of benzene rings is 1. The summed E-state index contributed by atoms with van der Waals surface area (Å²) in [6.45, 7) is 6.05. The van der Waals surface area contributed by atoms with Gasteiger partial charge in [-0.3, -0.25) is 14.5 Å². The molecule has 198 valence electrons. The van der Waals surface area contributed by atoms with Crippen molar-refractivity contribution in [2.75, 3.05) is 24.4 Å². The molecule has 0 saturated heterocycles. The molecular weight excluding hydrogens is 526 g/mol. The van der Waals surface area contributed by atoms with Gasteiger partial charge in [-0.1, -0.05) is 49.1 Å². The van der Waals surface area contributed by atoms with Crippen LogP contribution in [0.25, 0.3) is 0 Å². The highest BCUT2D eigenvalue weighted by Gasteiger charge is 2.45. The van der Waals surface area contributed by atoms with E-state index in [2.05, 4.69) is 16.3 Å². The van der Waals surface area contributed by atoms with Gasteiger partial charge in [0.2, 0.25) is 5.13 Å². The third kappa shape index (κ3) is 5.30. The number of nitrogens with two attached hydrogens (primary N) is 1. The maximum atomic E-state index is 13.6. The molecule has 10 nitrogen and oxygen atoms in total. The maximum absolute atomic E-state index is 13.6. The third-order valence-electron chi connectivity index (χ3n) is 6.25. The molecule has 1 aromatic carbocycles. The largest absolute Gasteiger partial charge is 0.465 e. The number of allylic oxidation sites excluding steroid dienone is 3. The van der Waals surface area contributed by atoms with Crippen LogP contribution >= 0.6 is 23.1 Å². The summed E-state index contributed by atoms with van der Waals surface area (Å²) >= 11 is 2.41. The summed E-state index contributed by atoms with van der Waals surface area (Å²) in [4.78, 5) is 39.0. The smallest absolute Gasteiger partial charge is 0.337 e. The number of ketones is 1. The summed E-state index contributed by atoms with van der Waals surface area (Å²) in [7, 11) is 1.30. The second kappa shape index (κ2) is 11.0. The summed E-state index contributed by atoms with van der Waals surface area (Å²) in [5.74, 6) is -1.36. The van der Waals surface area contributed by atoms with Crippen molar-refractivity contribution in [3.05, 3.63) is 58.1 Å². The van der Waals surface area contributed by atoms with Gasteiger partial charge in [0.1, 0.15) is 5.82 Å². The van der Waals surface area contributed by atoms with Gasteiger partial charge in [0.25, 0.3) is 0 Å². The SMILES string of the molecule is CCOC(=O)CSc1nnc(N2C(N)=C(C#N)C(c3ccc(C(=O)OC)cc3)C3=C2CC(C)(C)CC3=O)s1. The van der Waals surface area contributed by atoms with Gasteiger partial charge < -0.3 is 15.2 Å². The van der Waals surface area contributed by atoms with Crippen LogP contribution in [0.5, 0.6) is 0 Å². The fourth-order valence-corrected chi connectivity index (χ4v) is 6.34. The Morgan fingerprint density at radius 3 is 2.61 bits per heavy atom. The summed E-state index contributed by atoms with van der Waals surface area (Å²) < 4.78 is 10.3. The Balaban J connectivity index is 1.79. The Labute approximate surface area is 228 Å². The number of nitrogens with zero attached hydrogens (tertiary/aromatic N) is 4. The summed E-state index contributed by atoms with van der Waals surface area (Å²) in [5, 5.41) is 19.1. The number of carbonyl (C=O) groups is 3. The number of aromatic nitrogens is 2. The van der Waals surface area contributed by atoms with Crippen LogP contribution in [0.4, 0.5) is 5.13 Å². The van der Waals surface area contributed by atoms with Crippen LogP contribution in [-0.4, -0.2) is 47.4 Å². The Morgan fingerprint density at radius 2 is 1.97 bits per heavy atom. The van der Waals surface area contributed by atoms with E-state index in [1.54, 1.807) is 36.1 Å². The fourth-order valence-electron chi connectivity index (χ4n) is 4.66. The quantitative estimate of drug-likeness (QED) is 0.393. The number of carbonyl (C=O) groups excluding carboxylic acids is 3. The minimum absolute atomic E-state index is 0.0787. The minimum Gasteiger partial charge on any atom is -0.465 e. The molecule has 1 aromatic heterocycles. The van der Waals surface area contributed by atoms with Crippen LogP contribution in [0.2, 0.25) is 0 Å². The first-order chi connectivity index (χ1) is 18.1. The highest BCUT2D eigenvalue weighted by Crippen LogP contribution is 2.50. The zero-order valence-corrected chi connectivity index (χ0v) is 23.1. The van der Waals surface area contributed by atoms with Gasteiger partial charge in [0, 0.05) is 17.7 Å². The van der Waals surface area contributed by atoms with Gasteiger partial charge in [-0.15, -0.1) is 10.2 Å². The number of hydrogen-bond acceptors (Lipinski definition) is 12. The Kier molecular flexibility index (Phi) is 7.89. The van der Waals surface area contributed by atoms with Crippen LogP contribution in [0.1, 0.15) is 55.5 Å². The monoisotopic (exact) mass is 553 g/mol. The Bertz CT molecular complexity index is 1390. The van der Waals surface area contributed by atoms with Crippen LogP contribution in [0.3, 0.4) is 0 Å². The van der Waals surface area contributed by atoms with Crippen molar-refractivity contribution in [1.82, 2.24) is 10.2 Å². The zero-order valence-electron chi connectivity index (χ0n) is 21.4. The zero-order chi connectivity index (χ0) is 27.6. The van der Waals surface area contributed by atoms with Crippen molar-refractivity contribution in [1.29, 1.82) is 5.26 Å². The summed E-state index contributed by atoms with van der Waals surface area (Å²) in [6, 6.07) is 8.85. The summed E-state index contributed by atoms with van der Waals surface area (Å²) in [6.07, 6.45) is 0.834. The van der Waals surface area contributed by atoms with Gasteiger partial charge in [0.05, 0.1) is 42.6 Å². The molecule has 2 aliphatic rings. The molecule has 1 aliphatic carbocycles. The van der Waals surface area contributed by atoms with Gasteiger partial charge in [-0.2, -0.15) is 5.26 Å². The fraction of sp³-hybridized carbons (Fsp3) is 0.385. The molecule has 38 heavy (non-hydrogen) atoms. The van der Waals surface area contributed by atoms with E-state index < -0.39 is 11.9 Å². The normalized spacial score (nSPS) is 18.7. The molecule has 0 amide bonds. The van der Waals surface area contributed by atoms with E-state index in [0.29, 0.717) is 51.3 Å². The van der Waals surface area contributed by atoms with Crippen molar-refractivity contribution < 1.29 is 23.9 Å². The van der Waals surface area contributed by atoms with Gasteiger partial charge in [-0.25, -0.2) is 4.79 Å². The molecule has 0 saturated carbocycles. The number of rotatable bonds is 7. The van der Waals surface area contributed by atoms with E-state index in [0.717, 1.165) is 0 Å². The molecule has 1 aliphatic heterocycles. The molecule has 2 N–H and O–H groups in total. The van der Waals surface area contributed by atoms with E-state index in [1.165, 1.54) is 30.2 Å². The van der Waals surface area contributed by atoms with E-state index in [1.807, 2.05) is 13.8 Å². The van der Waals surface area contributed by atoms with Crippen molar-refractivity contribution in [2.45, 2.75) is 43.9 Å². The van der Waals surface area contributed by atoms with Crippen molar-refractivity contribution in [2.24, 2.45) is 11.1 Å². The second-order valence-corrected chi connectivity index (χ2v) is 11.7. The number of methoxy groups -OCH3 is 1. The van der Waals surface area contributed by atoms with Gasteiger partial charge in [0.15, 0.2) is 10.1 Å². The highest BCUT2D eigenvalue weighted by atomic mass is 32.2. The predicted molar refractivity (Wildman–Crippen MR) is 142 cm³/mol. The number of nitriles is 1. The molecule has 4 rings (SSSR count). The molecule has 0 spiro atoms. The van der Waals surface area contributed by atoms with Crippen molar-refractivity contribution in [3.8, 4) is 6.07 Å². The first-order valence-corrected chi connectivity index (χ1v) is 13.7. The predicted octanol–water partition coefficient (Wildman–Crippen LogP) is 3.92. The van der Waals surface area contributed by atoms with Crippen molar-refractivity contribution >= 4 is 46.0 Å². The molecule has 12 heteroatoms. The molecule has 2 aromatic rings. The van der Waals surface area contributed by atoms with E-state index >= 15 is 0 Å². The van der Waals surface area contributed by atoms with Crippen LogP contribution in [0.15, 0.2) is 51.3 Å². The van der Waals surface area contributed by atoms with E-state index in [-0.39, 0.29) is 34.3 Å². The van der Waals surface area contributed by atoms with Crippen LogP contribution < -0.4 is 10.6 Å². The minimum atomic E-state index is -0.688. The lowest BCUT2D eigenvalue weighted by Gasteiger charge is -2.42. The molecule has 1 unspecified atom stereocenters. The molecule has 0 radical (unpaired) electrons. The van der Waals surface area contributed by atoms with E-state index in [9.17, 15) is 19.6 Å². The number of ether oxygens (including phenoxy) is 2. The first-order valence-electron chi connectivity index (χ1n) is 11.9. The van der Waals surface area contributed by atoms with Gasteiger partial charge in [-0.05, 0) is 36.5 Å². The number of thioether (sulfide) groups is 1. The Morgan fingerprint density at radius 1 is 1.26 bits per heavy atom.